The van der Waals surface area contributed by atoms with Crippen LogP contribution in [0.1, 0.15) is 0 Å². The first-order valence-electron chi connectivity index (χ1n) is 1.58. The molecule has 0 aliphatic rings. The van der Waals surface area contributed by atoms with Gasteiger partial charge in [-0.15, -0.1) is 0 Å². The van der Waals surface area contributed by atoms with Gasteiger partial charge in [-0.3, -0.25) is 0 Å². The van der Waals surface area contributed by atoms with Gasteiger partial charge < -0.3 is 21.4 Å². The van der Waals surface area contributed by atoms with Crippen molar-refractivity contribution >= 4 is 0 Å². The molecule has 50 valence electrons. The van der Waals surface area contributed by atoms with E-state index < -0.39 is 0 Å². The Morgan fingerprint density at radius 2 is 1.12 bits per heavy atom. The summed E-state index contributed by atoms with van der Waals surface area (Å²) < 4.78 is 0. The Labute approximate surface area is 47.1 Å². The summed E-state index contributed by atoms with van der Waals surface area (Å²) in [6.07, 6.45) is 3.75. The summed E-state index contributed by atoms with van der Waals surface area (Å²) in [6, 6.07) is 3.89. The molecule has 0 atom stereocenters. The molecule has 0 fully saturated rings. The van der Waals surface area contributed by atoms with Gasteiger partial charge in [-0.2, -0.15) is 0 Å². The summed E-state index contributed by atoms with van der Waals surface area (Å²) >= 11 is 0. The third-order valence-electron chi connectivity index (χ3n) is 0.496. The third kappa shape index (κ3) is 5.16. The lowest BCUT2D eigenvalue weighted by molar-refractivity contribution is 0.823. The molecule has 0 spiro atoms. The molecule has 1 rings (SSSR count). The van der Waals surface area contributed by atoms with E-state index in [2.05, 4.69) is 4.98 Å². The van der Waals surface area contributed by atoms with Crippen LogP contribution in [0.5, 0.6) is 0 Å². The van der Waals surface area contributed by atoms with Crippen molar-refractivity contribution in [1.29, 1.82) is 0 Å². The van der Waals surface area contributed by atoms with Crippen LogP contribution in [0.15, 0.2) is 24.5 Å². The van der Waals surface area contributed by atoms with Crippen molar-refractivity contribution in [2.45, 2.75) is 0 Å². The maximum Gasteiger partial charge on any atom is 0.000496 e. The summed E-state index contributed by atoms with van der Waals surface area (Å²) in [7, 11) is 0. The van der Waals surface area contributed by atoms with Crippen molar-refractivity contribution in [3.05, 3.63) is 24.5 Å². The van der Waals surface area contributed by atoms with Crippen LogP contribution in [0, 0.1) is 0 Å². The lowest BCUT2D eigenvalue weighted by Gasteiger charge is -1.49. The molecular weight excluding hydrogens is 110 g/mol. The highest BCUT2D eigenvalue weighted by molar-refractivity contribution is 4.84. The summed E-state index contributed by atoms with van der Waals surface area (Å²) in [5.41, 5.74) is 0. The second-order valence-corrected chi connectivity index (χ2v) is 0.885. The van der Waals surface area contributed by atoms with Crippen molar-refractivity contribution in [3.8, 4) is 0 Å². The van der Waals surface area contributed by atoms with E-state index in [0.29, 0.717) is 0 Å². The van der Waals surface area contributed by atoms with E-state index in [9.17, 15) is 0 Å². The highest BCUT2D eigenvalue weighted by Crippen LogP contribution is 1.72. The van der Waals surface area contributed by atoms with E-state index in [4.69, 9.17) is 0 Å². The third-order valence-corrected chi connectivity index (χ3v) is 0.496. The normalized spacial score (nSPS) is 5.00. The predicted molar refractivity (Wildman–Crippen MR) is 31.6 cm³/mol. The second-order valence-electron chi connectivity index (χ2n) is 0.885. The quantitative estimate of drug-likeness (QED) is 0.432. The molecule has 0 radical (unpaired) electrons. The van der Waals surface area contributed by atoms with Crippen LogP contribution in [0.3, 0.4) is 0 Å². The van der Waals surface area contributed by atoms with Crippen molar-refractivity contribution in [2.75, 3.05) is 0 Å². The topological polar surface area (TPSA) is 110 Å². The first-order valence-corrected chi connectivity index (χ1v) is 1.58. The minimum absolute atomic E-state index is 0. The van der Waals surface area contributed by atoms with Gasteiger partial charge in [0.05, 0.1) is 0 Å². The summed E-state index contributed by atoms with van der Waals surface area (Å²) in [5, 5.41) is 0. The fourth-order valence-corrected chi connectivity index (χ4v) is 0.278. The summed E-state index contributed by atoms with van der Waals surface area (Å²) in [4.78, 5) is 2.86. The maximum atomic E-state index is 2.86. The molecule has 1 aromatic rings. The SMILES string of the molecule is O.O.O.c1cc[nH]c1. The zero-order chi connectivity index (χ0) is 3.54. The van der Waals surface area contributed by atoms with Crippen LogP contribution >= 0.6 is 0 Å². The van der Waals surface area contributed by atoms with Crippen LogP contribution < -0.4 is 0 Å². The first kappa shape index (κ1) is 15.7. The second kappa shape index (κ2) is 9.48. The number of H-pyrrole nitrogens is 1. The van der Waals surface area contributed by atoms with Gasteiger partial charge in [-0.1, -0.05) is 0 Å². The number of rotatable bonds is 0. The van der Waals surface area contributed by atoms with Crippen LogP contribution in [0.4, 0.5) is 0 Å². The Bertz CT molecular complexity index is 67.8. The molecule has 0 aromatic carbocycles. The Morgan fingerprint density at radius 3 is 1.25 bits per heavy atom. The number of hydrogen-bond donors (Lipinski definition) is 1. The van der Waals surface area contributed by atoms with Crippen LogP contribution in [-0.2, 0) is 0 Å². The zero-order valence-corrected chi connectivity index (χ0v) is 4.31. The lowest BCUT2D eigenvalue weighted by atomic mass is 10.7. The molecule has 0 aliphatic heterocycles. The standard InChI is InChI=1S/C4H5N.3H2O/c1-2-4-5-3-1;;;/h1-5H;3*1H2. The van der Waals surface area contributed by atoms with Gasteiger partial charge in [0.15, 0.2) is 0 Å². The van der Waals surface area contributed by atoms with Gasteiger partial charge in [0.2, 0.25) is 0 Å². The smallest absolute Gasteiger partial charge is 0.000496 e. The summed E-state index contributed by atoms with van der Waals surface area (Å²) in [6.45, 7) is 0. The molecule has 1 heterocycles. The number of nitrogens with one attached hydrogen (secondary N) is 1. The highest BCUT2D eigenvalue weighted by Gasteiger charge is 1.55. The average Bonchev–Trinajstić information content (AvgIpc) is 1.76. The van der Waals surface area contributed by atoms with Crippen LogP contribution in [0.25, 0.3) is 0 Å². The first-order chi connectivity index (χ1) is 2.50. The molecule has 0 saturated heterocycles. The number of aromatic nitrogens is 1. The van der Waals surface area contributed by atoms with E-state index >= 15 is 0 Å². The van der Waals surface area contributed by atoms with E-state index in [0.717, 1.165) is 0 Å². The van der Waals surface area contributed by atoms with E-state index in [-0.39, 0.29) is 16.4 Å². The lowest BCUT2D eigenvalue weighted by Crippen LogP contribution is -1.38. The van der Waals surface area contributed by atoms with Crippen molar-refractivity contribution in [3.63, 3.8) is 0 Å². The molecule has 0 saturated carbocycles. The summed E-state index contributed by atoms with van der Waals surface area (Å²) in [5.74, 6) is 0. The molecule has 8 heavy (non-hydrogen) atoms. The maximum absolute atomic E-state index is 2.86. The molecule has 1 aromatic heterocycles. The average molecular weight is 121 g/mol. The number of aromatic amines is 1. The van der Waals surface area contributed by atoms with Gasteiger partial charge >= 0.3 is 0 Å². The van der Waals surface area contributed by atoms with Crippen LogP contribution in [0.2, 0.25) is 0 Å². The molecular formula is C4H11NO3. The van der Waals surface area contributed by atoms with E-state index in [1.807, 2.05) is 24.5 Å². The Kier molecular flexibility index (Phi) is 18.6. The van der Waals surface area contributed by atoms with Crippen molar-refractivity contribution in [1.82, 2.24) is 4.98 Å². The molecule has 0 bridgehead atoms. The predicted octanol–water partition coefficient (Wildman–Crippen LogP) is -1.46. The fraction of sp³-hybridized carbons (Fsp3) is 0. The monoisotopic (exact) mass is 121 g/mol. The highest BCUT2D eigenvalue weighted by atomic mass is 16.0. The fourth-order valence-electron chi connectivity index (χ4n) is 0.278. The molecule has 0 unspecified atom stereocenters. The molecule has 7 N–H and O–H groups in total. The van der Waals surface area contributed by atoms with E-state index in [1.54, 1.807) is 0 Å². The molecule has 4 heteroatoms. The zero-order valence-electron chi connectivity index (χ0n) is 4.31. The Balaban J connectivity index is -0.0000000833. The molecule has 0 aliphatic carbocycles. The molecule has 0 amide bonds. The van der Waals surface area contributed by atoms with E-state index in [1.165, 1.54) is 0 Å². The largest absolute Gasteiger partial charge is 0.412 e. The Morgan fingerprint density at radius 1 is 0.750 bits per heavy atom. The van der Waals surface area contributed by atoms with Crippen LogP contribution in [-0.4, -0.2) is 21.4 Å². The Hall–Kier alpha value is -0.840. The minimum atomic E-state index is 0. The van der Waals surface area contributed by atoms with Gasteiger partial charge in [-0.25, -0.2) is 0 Å². The number of hydrogen-bond acceptors (Lipinski definition) is 0. The molecule has 4 nitrogen and oxygen atoms in total. The minimum Gasteiger partial charge on any atom is -0.412 e. The van der Waals surface area contributed by atoms with Gasteiger partial charge in [-0.05, 0) is 12.1 Å². The van der Waals surface area contributed by atoms with Crippen molar-refractivity contribution in [2.24, 2.45) is 0 Å². The van der Waals surface area contributed by atoms with Crippen molar-refractivity contribution < 1.29 is 16.4 Å². The van der Waals surface area contributed by atoms with Gasteiger partial charge in [0.25, 0.3) is 0 Å². The van der Waals surface area contributed by atoms with Gasteiger partial charge in [0, 0.05) is 12.4 Å². The van der Waals surface area contributed by atoms with Gasteiger partial charge in [0.1, 0.15) is 0 Å².